The highest BCUT2D eigenvalue weighted by molar-refractivity contribution is 6.30. The molecule has 2 heterocycles. The van der Waals surface area contributed by atoms with Gasteiger partial charge in [-0.05, 0) is 36.6 Å². The molecule has 1 fully saturated rings. The van der Waals surface area contributed by atoms with Crippen LogP contribution in [0.5, 0.6) is 0 Å². The van der Waals surface area contributed by atoms with Gasteiger partial charge in [-0.15, -0.1) is 0 Å². The molecule has 0 saturated carbocycles. The molecule has 2 N–H and O–H groups in total. The molecule has 1 atom stereocenters. The van der Waals surface area contributed by atoms with Crippen LogP contribution in [-0.4, -0.2) is 32.1 Å². The number of aromatic nitrogens is 3. The number of rotatable bonds is 3. The van der Waals surface area contributed by atoms with Gasteiger partial charge in [0.1, 0.15) is 0 Å². The summed E-state index contributed by atoms with van der Waals surface area (Å²) >= 11 is 5.85. The maximum absolute atomic E-state index is 12.5. The third-order valence-corrected chi connectivity index (χ3v) is 4.19. The van der Waals surface area contributed by atoms with Crippen LogP contribution in [0.3, 0.4) is 0 Å². The minimum Gasteiger partial charge on any atom is -0.368 e. The summed E-state index contributed by atoms with van der Waals surface area (Å²) in [6.45, 7) is 0.701. The molecule has 1 aliphatic rings. The number of benzene rings is 1. The zero-order chi connectivity index (χ0) is 16.4. The second-order valence-corrected chi connectivity index (χ2v) is 5.96. The van der Waals surface area contributed by atoms with Crippen molar-refractivity contribution < 1.29 is 4.79 Å². The van der Waals surface area contributed by atoms with Gasteiger partial charge in [-0.25, -0.2) is 4.68 Å². The van der Waals surface area contributed by atoms with E-state index in [1.807, 2.05) is 12.1 Å². The van der Waals surface area contributed by atoms with E-state index in [0.717, 1.165) is 18.4 Å². The van der Waals surface area contributed by atoms with Crippen LogP contribution >= 0.6 is 11.6 Å². The molecule has 120 valence electrons. The number of hydrogen-bond acceptors (Lipinski definition) is 4. The number of halogens is 1. The number of anilines is 1. The van der Waals surface area contributed by atoms with Crippen LogP contribution in [0.25, 0.3) is 6.08 Å². The topological polar surface area (TPSA) is 77.0 Å². The maximum Gasteiger partial charge on any atom is 0.247 e. The van der Waals surface area contributed by atoms with Crippen molar-refractivity contribution in [1.29, 1.82) is 0 Å². The van der Waals surface area contributed by atoms with Crippen molar-refractivity contribution in [3.63, 3.8) is 0 Å². The zero-order valence-electron chi connectivity index (χ0n) is 12.8. The van der Waals surface area contributed by atoms with Gasteiger partial charge in [0.25, 0.3) is 0 Å². The largest absolute Gasteiger partial charge is 0.368 e. The highest BCUT2D eigenvalue weighted by Gasteiger charge is 2.32. The highest BCUT2D eigenvalue weighted by atomic mass is 35.5. The van der Waals surface area contributed by atoms with Crippen molar-refractivity contribution in [2.24, 2.45) is 7.05 Å². The Balaban J connectivity index is 1.74. The van der Waals surface area contributed by atoms with E-state index >= 15 is 0 Å². The van der Waals surface area contributed by atoms with E-state index in [1.165, 1.54) is 4.68 Å². The molecular weight excluding hydrogens is 314 g/mol. The van der Waals surface area contributed by atoms with Crippen LogP contribution in [0.4, 0.5) is 5.95 Å². The predicted molar refractivity (Wildman–Crippen MR) is 89.6 cm³/mol. The van der Waals surface area contributed by atoms with Crippen LogP contribution in [0, 0.1) is 0 Å². The Labute approximate surface area is 139 Å². The van der Waals surface area contributed by atoms with E-state index in [9.17, 15) is 4.79 Å². The summed E-state index contributed by atoms with van der Waals surface area (Å²) in [6, 6.07) is 7.22. The molecule has 1 amide bonds. The van der Waals surface area contributed by atoms with Crippen LogP contribution in [0.1, 0.15) is 30.3 Å². The fraction of sp³-hybridized carbons (Fsp3) is 0.312. The second-order valence-electron chi connectivity index (χ2n) is 5.53. The predicted octanol–water partition coefficient (Wildman–Crippen LogP) is 2.43. The maximum atomic E-state index is 12.5. The first kappa shape index (κ1) is 15.6. The molecule has 0 spiro atoms. The summed E-state index contributed by atoms with van der Waals surface area (Å²) in [4.78, 5) is 18.5. The van der Waals surface area contributed by atoms with Gasteiger partial charge in [0, 0.05) is 24.7 Å². The van der Waals surface area contributed by atoms with Crippen molar-refractivity contribution in [1.82, 2.24) is 19.7 Å². The first-order valence-electron chi connectivity index (χ1n) is 7.45. The Bertz CT molecular complexity index is 718. The third kappa shape index (κ3) is 3.37. The molecule has 1 saturated heterocycles. The molecule has 2 aromatic rings. The van der Waals surface area contributed by atoms with Crippen molar-refractivity contribution in [3.05, 3.63) is 46.8 Å². The number of carbonyl (C=O) groups is 1. The molecule has 0 bridgehead atoms. The lowest BCUT2D eigenvalue weighted by Gasteiger charge is -2.20. The van der Waals surface area contributed by atoms with E-state index in [2.05, 4.69) is 10.1 Å². The molecule has 1 aliphatic heterocycles. The fourth-order valence-corrected chi connectivity index (χ4v) is 2.82. The monoisotopic (exact) mass is 331 g/mol. The van der Waals surface area contributed by atoms with Gasteiger partial charge in [0.05, 0.1) is 6.04 Å². The Kier molecular flexibility index (Phi) is 4.34. The Hall–Kier alpha value is -2.34. The molecule has 1 aromatic heterocycles. The van der Waals surface area contributed by atoms with Crippen molar-refractivity contribution in [2.75, 3.05) is 12.3 Å². The van der Waals surface area contributed by atoms with Crippen LogP contribution in [0.2, 0.25) is 5.02 Å². The normalized spacial score (nSPS) is 18.0. The second kappa shape index (κ2) is 6.42. The summed E-state index contributed by atoms with van der Waals surface area (Å²) < 4.78 is 1.53. The number of nitrogen functional groups attached to an aromatic ring is 1. The number of hydrogen-bond donors (Lipinski definition) is 1. The number of carbonyl (C=O) groups excluding carboxylic acids is 1. The van der Waals surface area contributed by atoms with Gasteiger partial charge in [-0.2, -0.15) is 10.1 Å². The number of amides is 1. The minimum atomic E-state index is -0.110. The van der Waals surface area contributed by atoms with E-state index in [4.69, 9.17) is 17.3 Å². The average molecular weight is 332 g/mol. The SMILES string of the molecule is Cn1nc(C2CCCN2C(=O)C=Cc2ccc(Cl)cc2)nc1N. The van der Waals surface area contributed by atoms with E-state index < -0.39 is 0 Å². The van der Waals surface area contributed by atoms with Crippen LogP contribution < -0.4 is 5.73 Å². The smallest absolute Gasteiger partial charge is 0.247 e. The molecule has 0 aliphatic carbocycles. The van der Waals surface area contributed by atoms with Gasteiger partial charge in [0.2, 0.25) is 11.9 Å². The van der Waals surface area contributed by atoms with Gasteiger partial charge in [-0.1, -0.05) is 23.7 Å². The highest BCUT2D eigenvalue weighted by Crippen LogP contribution is 2.30. The fourth-order valence-electron chi connectivity index (χ4n) is 2.69. The summed E-state index contributed by atoms with van der Waals surface area (Å²) in [5, 5.41) is 4.97. The first-order chi connectivity index (χ1) is 11.0. The van der Waals surface area contributed by atoms with E-state index in [-0.39, 0.29) is 11.9 Å². The Morgan fingerprint density at radius 1 is 1.39 bits per heavy atom. The molecule has 1 unspecified atom stereocenters. The third-order valence-electron chi connectivity index (χ3n) is 3.94. The summed E-state index contributed by atoms with van der Waals surface area (Å²) in [7, 11) is 1.74. The molecule has 6 nitrogen and oxygen atoms in total. The molecule has 23 heavy (non-hydrogen) atoms. The molecular formula is C16H18ClN5O. The average Bonchev–Trinajstić information content (AvgIpc) is 3.14. The molecule has 7 heteroatoms. The summed E-state index contributed by atoms with van der Waals surface area (Å²) in [5.74, 6) is 0.917. The Morgan fingerprint density at radius 3 is 2.78 bits per heavy atom. The van der Waals surface area contributed by atoms with Crippen molar-refractivity contribution in [2.45, 2.75) is 18.9 Å². The van der Waals surface area contributed by atoms with Crippen molar-refractivity contribution >= 4 is 29.5 Å². The first-order valence-corrected chi connectivity index (χ1v) is 7.83. The lowest BCUT2D eigenvalue weighted by molar-refractivity contribution is -0.127. The van der Waals surface area contributed by atoms with Gasteiger partial charge >= 0.3 is 0 Å². The van der Waals surface area contributed by atoms with Gasteiger partial charge in [0.15, 0.2) is 5.82 Å². The number of aryl methyl sites for hydroxylation is 1. The van der Waals surface area contributed by atoms with Crippen molar-refractivity contribution in [3.8, 4) is 0 Å². The molecule has 1 aromatic carbocycles. The van der Waals surface area contributed by atoms with Gasteiger partial charge in [-0.3, -0.25) is 4.79 Å². The number of nitrogens with zero attached hydrogens (tertiary/aromatic N) is 4. The van der Waals surface area contributed by atoms with Gasteiger partial charge < -0.3 is 10.6 Å². The number of nitrogens with two attached hydrogens (primary N) is 1. The summed E-state index contributed by atoms with van der Waals surface area (Å²) in [6.07, 6.45) is 5.15. The molecule has 3 rings (SSSR count). The lowest BCUT2D eigenvalue weighted by Crippen LogP contribution is -2.29. The number of likely N-dealkylation sites (tertiary alicyclic amines) is 1. The standard InChI is InChI=1S/C16H18ClN5O/c1-21-16(18)19-15(20-21)13-3-2-10-22(13)14(23)9-6-11-4-7-12(17)8-5-11/h4-9,13H,2-3,10H2,1H3,(H2,18,19,20). The van der Waals surface area contributed by atoms with E-state index in [0.29, 0.717) is 23.3 Å². The van der Waals surface area contributed by atoms with Crippen LogP contribution in [-0.2, 0) is 11.8 Å². The quantitative estimate of drug-likeness (QED) is 0.876. The Morgan fingerprint density at radius 2 is 2.13 bits per heavy atom. The molecule has 0 radical (unpaired) electrons. The lowest BCUT2D eigenvalue weighted by atomic mass is 10.2. The summed E-state index contributed by atoms with van der Waals surface area (Å²) in [5.41, 5.74) is 6.67. The van der Waals surface area contributed by atoms with Crippen LogP contribution in [0.15, 0.2) is 30.3 Å². The van der Waals surface area contributed by atoms with E-state index in [1.54, 1.807) is 36.2 Å². The zero-order valence-corrected chi connectivity index (χ0v) is 13.6. The minimum absolute atomic E-state index is 0.0477.